The number of hydrogen-bond acceptors (Lipinski definition) is 3. The molecule has 0 aromatic carbocycles. The second-order valence-corrected chi connectivity index (χ2v) is 6.10. The van der Waals surface area contributed by atoms with Crippen molar-refractivity contribution < 1.29 is 9.90 Å². The minimum atomic E-state index is -0.123. The molecule has 0 spiro atoms. The molecular formula is C12H18ClNO2S. The number of nitrogens with one attached hydrogen (secondary N) is 1. The van der Waals surface area contributed by atoms with Crippen molar-refractivity contribution in [2.45, 2.75) is 26.7 Å². The summed E-state index contributed by atoms with van der Waals surface area (Å²) < 4.78 is 0. The van der Waals surface area contributed by atoms with Crippen molar-refractivity contribution in [3.05, 3.63) is 21.3 Å². The van der Waals surface area contributed by atoms with Gasteiger partial charge in [-0.05, 0) is 29.7 Å². The number of thiophene rings is 1. The highest BCUT2D eigenvalue weighted by Crippen LogP contribution is 2.24. The van der Waals surface area contributed by atoms with Gasteiger partial charge >= 0.3 is 0 Å². The van der Waals surface area contributed by atoms with Gasteiger partial charge in [0.2, 0.25) is 0 Å². The number of rotatable bonds is 6. The van der Waals surface area contributed by atoms with Gasteiger partial charge in [0.15, 0.2) is 0 Å². The zero-order valence-electron chi connectivity index (χ0n) is 10.1. The molecule has 0 aliphatic carbocycles. The SMILES string of the molecule is CC(C)(CCCO)CNC(=O)c1sccc1Cl. The molecule has 5 heteroatoms. The number of aliphatic hydroxyl groups excluding tert-OH is 1. The molecule has 0 aliphatic rings. The lowest BCUT2D eigenvalue weighted by Crippen LogP contribution is -2.33. The van der Waals surface area contributed by atoms with Gasteiger partial charge in [-0.3, -0.25) is 4.79 Å². The van der Waals surface area contributed by atoms with Crippen LogP contribution in [0.25, 0.3) is 0 Å². The molecule has 2 N–H and O–H groups in total. The second kappa shape index (κ2) is 6.38. The minimum absolute atomic E-state index is 0.0118. The highest BCUT2D eigenvalue weighted by atomic mass is 35.5. The molecule has 0 saturated heterocycles. The lowest BCUT2D eigenvalue weighted by Gasteiger charge is -2.24. The summed E-state index contributed by atoms with van der Waals surface area (Å²) in [6.07, 6.45) is 1.63. The summed E-state index contributed by atoms with van der Waals surface area (Å²) in [5, 5.41) is 14.0. The molecule has 0 saturated carbocycles. The molecule has 0 unspecified atom stereocenters. The van der Waals surface area contributed by atoms with Crippen molar-refractivity contribution in [1.29, 1.82) is 0 Å². The third kappa shape index (κ3) is 4.66. The summed E-state index contributed by atoms with van der Waals surface area (Å²) in [4.78, 5) is 12.4. The van der Waals surface area contributed by atoms with E-state index >= 15 is 0 Å². The molecule has 1 amide bonds. The van der Waals surface area contributed by atoms with E-state index in [0.717, 1.165) is 12.8 Å². The lowest BCUT2D eigenvalue weighted by atomic mass is 9.88. The Morgan fingerprint density at radius 3 is 2.82 bits per heavy atom. The van der Waals surface area contributed by atoms with Crippen LogP contribution in [-0.4, -0.2) is 24.2 Å². The Bertz CT molecular complexity index is 376. The molecule has 96 valence electrons. The van der Waals surface area contributed by atoms with Crippen LogP contribution in [0.5, 0.6) is 0 Å². The van der Waals surface area contributed by atoms with E-state index in [4.69, 9.17) is 16.7 Å². The fraction of sp³-hybridized carbons (Fsp3) is 0.583. The van der Waals surface area contributed by atoms with E-state index in [2.05, 4.69) is 19.2 Å². The molecule has 0 aliphatic heterocycles. The quantitative estimate of drug-likeness (QED) is 0.839. The zero-order valence-corrected chi connectivity index (χ0v) is 11.7. The van der Waals surface area contributed by atoms with Crippen molar-refractivity contribution in [3.8, 4) is 0 Å². The molecular weight excluding hydrogens is 258 g/mol. The summed E-state index contributed by atoms with van der Waals surface area (Å²) in [6, 6.07) is 1.72. The van der Waals surface area contributed by atoms with E-state index in [1.54, 1.807) is 11.4 Å². The molecule has 3 nitrogen and oxygen atoms in total. The predicted molar refractivity (Wildman–Crippen MR) is 71.8 cm³/mol. The average Bonchev–Trinajstić information content (AvgIpc) is 2.70. The minimum Gasteiger partial charge on any atom is -0.396 e. The van der Waals surface area contributed by atoms with Crippen LogP contribution in [0.4, 0.5) is 0 Å². The van der Waals surface area contributed by atoms with Gasteiger partial charge in [0, 0.05) is 13.2 Å². The molecule has 17 heavy (non-hydrogen) atoms. The largest absolute Gasteiger partial charge is 0.396 e. The fourth-order valence-corrected chi connectivity index (χ4v) is 2.56. The summed E-state index contributed by atoms with van der Waals surface area (Å²) in [5.74, 6) is -0.123. The Balaban J connectivity index is 2.45. The van der Waals surface area contributed by atoms with Gasteiger partial charge in [-0.15, -0.1) is 11.3 Å². The van der Waals surface area contributed by atoms with Crippen LogP contribution in [0, 0.1) is 5.41 Å². The molecule has 1 heterocycles. The Hall–Kier alpha value is -0.580. The number of carbonyl (C=O) groups excluding carboxylic acids is 1. The highest BCUT2D eigenvalue weighted by Gasteiger charge is 2.20. The van der Waals surface area contributed by atoms with Crippen molar-refractivity contribution >= 4 is 28.8 Å². The molecule has 0 fully saturated rings. The first-order valence-corrected chi connectivity index (χ1v) is 6.84. The lowest BCUT2D eigenvalue weighted by molar-refractivity contribution is 0.0937. The van der Waals surface area contributed by atoms with E-state index in [9.17, 15) is 4.79 Å². The topological polar surface area (TPSA) is 49.3 Å². The van der Waals surface area contributed by atoms with Crippen LogP contribution < -0.4 is 5.32 Å². The van der Waals surface area contributed by atoms with Crippen molar-refractivity contribution in [3.63, 3.8) is 0 Å². The normalized spacial score (nSPS) is 11.5. The van der Waals surface area contributed by atoms with E-state index < -0.39 is 0 Å². The van der Waals surface area contributed by atoms with Gasteiger partial charge < -0.3 is 10.4 Å². The Kier molecular flexibility index (Phi) is 5.43. The number of halogens is 1. The maximum Gasteiger partial charge on any atom is 0.262 e. The van der Waals surface area contributed by atoms with Crippen LogP contribution in [0.15, 0.2) is 11.4 Å². The van der Waals surface area contributed by atoms with Crippen molar-refractivity contribution in [1.82, 2.24) is 5.32 Å². The fourth-order valence-electron chi connectivity index (χ4n) is 1.50. The van der Waals surface area contributed by atoms with Gasteiger partial charge in [0.1, 0.15) is 4.88 Å². The molecule has 1 aromatic rings. The average molecular weight is 276 g/mol. The van der Waals surface area contributed by atoms with E-state index in [1.807, 2.05) is 0 Å². The standard InChI is InChI=1S/C12H18ClNO2S/c1-12(2,5-3-6-15)8-14-11(16)10-9(13)4-7-17-10/h4,7,15H,3,5-6,8H2,1-2H3,(H,14,16). The summed E-state index contributed by atoms with van der Waals surface area (Å²) >= 11 is 7.23. The Labute approximate surface area is 111 Å². The summed E-state index contributed by atoms with van der Waals surface area (Å²) in [5.41, 5.74) is -0.0118. The van der Waals surface area contributed by atoms with Gasteiger partial charge in [-0.25, -0.2) is 0 Å². The first-order chi connectivity index (χ1) is 7.96. The maximum absolute atomic E-state index is 11.8. The molecule has 0 atom stereocenters. The number of amides is 1. The number of hydrogen-bond donors (Lipinski definition) is 2. The van der Waals surface area contributed by atoms with Crippen LogP contribution in [-0.2, 0) is 0 Å². The van der Waals surface area contributed by atoms with Crippen molar-refractivity contribution in [2.24, 2.45) is 5.41 Å². The molecule has 0 radical (unpaired) electrons. The Morgan fingerprint density at radius 1 is 1.59 bits per heavy atom. The third-order valence-electron chi connectivity index (χ3n) is 2.56. The van der Waals surface area contributed by atoms with Gasteiger partial charge in [-0.2, -0.15) is 0 Å². The van der Waals surface area contributed by atoms with E-state index in [0.29, 0.717) is 16.4 Å². The summed E-state index contributed by atoms with van der Waals surface area (Å²) in [7, 11) is 0. The zero-order chi connectivity index (χ0) is 12.9. The maximum atomic E-state index is 11.8. The highest BCUT2D eigenvalue weighted by molar-refractivity contribution is 7.12. The van der Waals surface area contributed by atoms with E-state index in [1.165, 1.54) is 11.3 Å². The van der Waals surface area contributed by atoms with Crippen LogP contribution in [0.1, 0.15) is 36.4 Å². The molecule has 0 bridgehead atoms. The van der Waals surface area contributed by atoms with Gasteiger partial charge in [0.05, 0.1) is 5.02 Å². The number of aliphatic hydroxyl groups is 1. The smallest absolute Gasteiger partial charge is 0.262 e. The van der Waals surface area contributed by atoms with Crippen LogP contribution >= 0.6 is 22.9 Å². The summed E-state index contributed by atoms with van der Waals surface area (Å²) in [6.45, 7) is 4.91. The van der Waals surface area contributed by atoms with E-state index in [-0.39, 0.29) is 17.9 Å². The Morgan fingerprint density at radius 2 is 2.29 bits per heavy atom. The predicted octanol–water partition coefficient (Wildman–Crippen LogP) is 2.93. The second-order valence-electron chi connectivity index (χ2n) is 4.77. The van der Waals surface area contributed by atoms with Crippen LogP contribution in [0.3, 0.4) is 0 Å². The third-order valence-corrected chi connectivity index (χ3v) is 3.90. The number of carbonyl (C=O) groups is 1. The van der Waals surface area contributed by atoms with Gasteiger partial charge in [-0.1, -0.05) is 25.4 Å². The first kappa shape index (κ1) is 14.5. The van der Waals surface area contributed by atoms with Crippen molar-refractivity contribution in [2.75, 3.05) is 13.2 Å². The molecule has 1 rings (SSSR count). The first-order valence-electron chi connectivity index (χ1n) is 5.58. The van der Waals surface area contributed by atoms with Gasteiger partial charge in [0.25, 0.3) is 5.91 Å². The monoisotopic (exact) mass is 275 g/mol. The van der Waals surface area contributed by atoms with Crippen LogP contribution in [0.2, 0.25) is 5.02 Å². The molecule has 1 aromatic heterocycles.